The van der Waals surface area contributed by atoms with Crippen LogP contribution >= 0.6 is 11.3 Å². The molecule has 27 heavy (non-hydrogen) atoms. The van der Waals surface area contributed by atoms with Crippen molar-refractivity contribution in [2.45, 2.75) is 13.0 Å². The molecule has 1 fully saturated rings. The average molecular weight is 385 g/mol. The maximum absolute atomic E-state index is 12.5. The van der Waals surface area contributed by atoms with Crippen molar-refractivity contribution in [3.05, 3.63) is 40.9 Å². The van der Waals surface area contributed by atoms with E-state index in [1.165, 1.54) is 16.2 Å². The highest BCUT2D eigenvalue weighted by atomic mass is 32.1. The van der Waals surface area contributed by atoms with Gasteiger partial charge in [-0.3, -0.25) is 14.9 Å². The van der Waals surface area contributed by atoms with Crippen LogP contribution in [0.1, 0.15) is 10.6 Å². The predicted molar refractivity (Wildman–Crippen MR) is 106 cm³/mol. The maximum Gasteiger partial charge on any atom is 0.315 e. The summed E-state index contributed by atoms with van der Waals surface area (Å²) in [5, 5.41) is 3.22. The topological polar surface area (TPSA) is 68.8 Å². The number of benzene rings is 1. The van der Waals surface area contributed by atoms with Gasteiger partial charge in [-0.05, 0) is 19.2 Å². The fraction of sp³-hybridized carbons (Fsp3) is 0.421. The van der Waals surface area contributed by atoms with Crippen molar-refractivity contribution in [3.63, 3.8) is 0 Å². The molecule has 2 aromatic rings. The first-order chi connectivity index (χ1) is 13.1. The Morgan fingerprint density at radius 3 is 2.56 bits per heavy atom. The minimum Gasteiger partial charge on any atom is -0.368 e. The van der Waals surface area contributed by atoms with Crippen LogP contribution in [0.2, 0.25) is 0 Å². The Balaban J connectivity index is 1.33. The molecule has 0 aliphatic carbocycles. The molecule has 0 unspecified atom stereocenters. The number of carbonyl (C=O) groups is 2. The molecule has 2 aliphatic rings. The lowest BCUT2D eigenvalue weighted by Gasteiger charge is -2.35. The zero-order chi connectivity index (χ0) is 18.8. The number of hydrogen-bond acceptors (Lipinski definition) is 6. The molecular weight excluding hydrogens is 362 g/mol. The first-order valence-electron chi connectivity index (χ1n) is 9.17. The average Bonchev–Trinajstić information content (AvgIpc) is 3.09. The number of piperazine rings is 1. The summed E-state index contributed by atoms with van der Waals surface area (Å²) >= 11 is 1.47. The molecule has 1 N–H and O–H groups in total. The minimum atomic E-state index is -0.595. The van der Waals surface area contributed by atoms with E-state index in [2.05, 4.69) is 39.3 Å². The number of fused-ring (bicyclic) bond motifs is 1. The van der Waals surface area contributed by atoms with Gasteiger partial charge >= 0.3 is 11.8 Å². The van der Waals surface area contributed by atoms with E-state index in [0.29, 0.717) is 18.2 Å². The SMILES string of the molecule is CN1CCc2nc(NC(=O)C(=O)N3CCN(c4ccccc4)CC3)sc2C1. The van der Waals surface area contributed by atoms with Crippen LogP contribution in [0.4, 0.5) is 10.8 Å². The van der Waals surface area contributed by atoms with Gasteiger partial charge in [0.2, 0.25) is 0 Å². The number of hydrogen-bond donors (Lipinski definition) is 1. The van der Waals surface area contributed by atoms with Crippen molar-refractivity contribution in [2.75, 3.05) is 50.0 Å². The molecule has 1 aromatic heterocycles. The van der Waals surface area contributed by atoms with Crippen LogP contribution in [0.25, 0.3) is 0 Å². The summed E-state index contributed by atoms with van der Waals surface area (Å²) in [5.74, 6) is -1.07. The van der Waals surface area contributed by atoms with Crippen LogP contribution in [0.3, 0.4) is 0 Å². The van der Waals surface area contributed by atoms with E-state index in [1.807, 2.05) is 18.2 Å². The van der Waals surface area contributed by atoms with Crippen molar-refractivity contribution in [1.82, 2.24) is 14.8 Å². The summed E-state index contributed by atoms with van der Waals surface area (Å²) < 4.78 is 0. The lowest BCUT2D eigenvalue weighted by atomic mass is 10.2. The van der Waals surface area contributed by atoms with Crippen LogP contribution in [-0.2, 0) is 22.6 Å². The molecular formula is C19H23N5O2S. The molecule has 1 saturated heterocycles. The van der Waals surface area contributed by atoms with Gasteiger partial charge in [-0.2, -0.15) is 0 Å². The number of carbonyl (C=O) groups excluding carboxylic acids is 2. The number of amides is 2. The second-order valence-electron chi connectivity index (χ2n) is 6.95. The zero-order valence-electron chi connectivity index (χ0n) is 15.4. The number of nitrogens with zero attached hydrogens (tertiary/aromatic N) is 4. The van der Waals surface area contributed by atoms with E-state index >= 15 is 0 Å². The van der Waals surface area contributed by atoms with Crippen molar-refractivity contribution in [2.24, 2.45) is 0 Å². The third kappa shape index (κ3) is 3.96. The van der Waals surface area contributed by atoms with E-state index < -0.39 is 11.8 Å². The van der Waals surface area contributed by atoms with Gasteiger partial charge in [0.15, 0.2) is 5.13 Å². The van der Waals surface area contributed by atoms with Gasteiger partial charge in [-0.25, -0.2) is 4.98 Å². The number of para-hydroxylation sites is 1. The maximum atomic E-state index is 12.5. The minimum absolute atomic E-state index is 0.479. The smallest absolute Gasteiger partial charge is 0.315 e. The molecule has 7 nitrogen and oxygen atoms in total. The van der Waals surface area contributed by atoms with Gasteiger partial charge in [-0.15, -0.1) is 11.3 Å². The largest absolute Gasteiger partial charge is 0.368 e. The van der Waals surface area contributed by atoms with Gasteiger partial charge in [0.25, 0.3) is 0 Å². The Bertz CT molecular complexity index is 830. The van der Waals surface area contributed by atoms with E-state index in [-0.39, 0.29) is 0 Å². The number of aromatic nitrogens is 1. The van der Waals surface area contributed by atoms with Crippen molar-refractivity contribution in [1.29, 1.82) is 0 Å². The predicted octanol–water partition coefficient (Wildman–Crippen LogP) is 1.42. The number of likely N-dealkylation sites (N-methyl/N-ethyl adjacent to an activating group) is 1. The van der Waals surface area contributed by atoms with Crippen LogP contribution in [0, 0.1) is 0 Å². The molecule has 8 heteroatoms. The third-order valence-corrected chi connectivity index (χ3v) is 6.02. The van der Waals surface area contributed by atoms with E-state index in [0.717, 1.165) is 44.0 Å². The highest BCUT2D eigenvalue weighted by Crippen LogP contribution is 2.27. The van der Waals surface area contributed by atoms with Crippen molar-refractivity contribution in [3.8, 4) is 0 Å². The van der Waals surface area contributed by atoms with Gasteiger partial charge < -0.3 is 14.7 Å². The Morgan fingerprint density at radius 1 is 1.07 bits per heavy atom. The summed E-state index contributed by atoms with van der Waals surface area (Å²) in [6.45, 7) is 4.34. The molecule has 142 valence electrons. The Labute approximate surface area is 162 Å². The normalized spacial score (nSPS) is 17.5. The quantitative estimate of drug-likeness (QED) is 0.792. The van der Waals surface area contributed by atoms with Crippen LogP contribution in [0.5, 0.6) is 0 Å². The molecule has 0 spiro atoms. The summed E-state index contributed by atoms with van der Waals surface area (Å²) in [6.07, 6.45) is 0.883. The standard InChI is InChI=1S/C19H23N5O2S/c1-22-8-7-15-16(13-22)27-19(20-15)21-17(25)18(26)24-11-9-23(10-12-24)14-5-3-2-4-6-14/h2-6H,7-13H2,1H3,(H,20,21,25). The van der Waals surface area contributed by atoms with Gasteiger partial charge in [0, 0.05) is 56.3 Å². The summed E-state index contributed by atoms with van der Waals surface area (Å²) in [4.78, 5) is 36.6. The van der Waals surface area contributed by atoms with E-state index in [4.69, 9.17) is 0 Å². The van der Waals surface area contributed by atoms with Gasteiger partial charge in [0.1, 0.15) is 0 Å². The molecule has 2 amide bonds. The number of nitrogens with one attached hydrogen (secondary N) is 1. The second-order valence-corrected chi connectivity index (χ2v) is 8.03. The number of anilines is 2. The Kier molecular flexibility index (Phi) is 5.09. The molecule has 4 rings (SSSR count). The van der Waals surface area contributed by atoms with Crippen molar-refractivity contribution < 1.29 is 9.59 Å². The fourth-order valence-corrected chi connectivity index (χ4v) is 4.56. The first kappa shape index (κ1) is 17.9. The zero-order valence-corrected chi connectivity index (χ0v) is 16.2. The van der Waals surface area contributed by atoms with Crippen LogP contribution in [0.15, 0.2) is 30.3 Å². The third-order valence-electron chi connectivity index (χ3n) is 5.03. The Hall–Kier alpha value is -2.45. The molecule has 0 radical (unpaired) electrons. The van der Waals surface area contributed by atoms with E-state index in [9.17, 15) is 9.59 Å². The van der Waals surface area contributed by atoms with Crippen LogP contribution in [-0.4, -0.2) is 66.4 Å². The molecule has 0 atom stereocenters. The fourth-order valence-electron chi connectivity index (χ4n) is 3.48. The first-order valence-corrected chi connectivity index (χ1v) is 9.99. The lowest BCUT2D eigenvalue weighted by Crippen LogP contribution is -2.51. The van der Waals surface area contributed by atoms with Gasteiger partial charge in [0.05, 0.1) is 5.69 Å². The number of thiazole rings is 1. The number of rotatable bonds is 2. The monoisotopic (exact) mass is 385 g/mol. The summed E-state index contributed by atoms with van der Waals surface area (Å²) in [7, 11) is 2.07. The van der Waals surface area contributed by atoms with Gasteiger partial charge in [-0.1, -0.05) is 18.2 Å². The summed E-state index contributed by atoms with van der Waals surface area (Å²) in [6, 6.07) is 10.1. The van der Waals surface area contributed by atoms with Crippen molar-refractivity contribution >= 4 is 34.0 Å². The highest BCUT2D eigenvalue weighted by Gasteiger charge is 2.27. The Morgan fingerprint density at radius 2 is 1.81 bits per heavy atom. The molecule has 1 aromatic carbocycles. The van der Waals surface area contributed by atoms with E-state index in [1.54, 1.807) is 4.90 Å². The molecule has 0 bridgehead atoms. The second kappa shape index (κ2) is 7.66. The molecule has 3 heterocycles. The highest BCUT2D eigenvalue weighted by molar-refractivity contribution is 7.16. The molecule has 0 saturated carbocycles. The summed E-state index contributed by atoms with van der Waals surface area (Å²) in [5.41, 5.74) is 2.18. The lowest BCUT2D eigenvalue weighted by molar-refractivity contribution is -0.143. The van der Waals surface area contributed by atoms with Crippen LogP contribution < -0.4 is 10.2 Å². The molecule has 2 aliphatic heterocycles.